The molecule has 2 unspecified atom stereocenters. The fraction of sp³-hybridized carbons (Fsp3) is 0.318. The average Bonchev–Trinajstić information content (AvgIpc) is 3.26. The number of pyridine rings is 1. The van der Waals surface area contributed by atoms with Gasteiger partial charge in [-0.05, 0) is 50.1 Å². The lowest BCUT2D eigenvalue weighted by Crippen LogP contribution is -2.02. The van der Waals surface area contributed by atoms with Gasteiger partial charge < -0.3 is 0 Å². The maximum Gasteiger partial charge on any atom is 0.145 e. The molecule has 2 aromatic heterocycles. The van der Waals surface area contributed by atoms with Gasteiger partial charge in [-0.2, -0.15) is 0 Å². The number of nitrogens with zero attached hydrogens (tertiary/aromatic N) is 2. The van der Waals surface area contributed by atoms with Crippen LogP contribution < -0.4 is 0 Å². The third-order valence-corrected chi connectivity index (χ3v) is 6.27. The predicted molar refractivity (Wildman–Crippen MR) is 99.0 cm³/mol. The zero-order valence-corrected chi connectivity index (χ0v) is 14.1. The fourth-order valence-corrected chi connectivity index (χ4v) is 5.40. The van der Waals surface area contributed by atoms with Gasteiger partial charge in [0.1, 0.15) is 5.65 Å². The topological polar surface area (TPSA) is 17.3 Å². The number of benzene rings is 2. The number of hydrogen-bond donors (Lipinski definition) is 0. The maximum atomic E-state index is 5.18. The minimum atomic E-state index is 0.699. The minimum Gasteiger partial charge on any atom is -0.295 e. The molecule has 0 spiro atoms. The first-order valence-corrected chi connectivity index (χ1v) is 9.06. The fourth-order valence-electron chi connectivity index (χ4n) is 5.40. The number of rotatable bonds is 0. The van der Waals surface area contributed by atoms with E-state index in [4.69, 9.17) is 4.98 Å². The van der Waals surface area contributed by atoms with Crippen molar-refractivity contribution >= 4 is 27.3 Å². The number of aryl methyl sites for hydroxylation is 2. The van der Waals surface area contributed by atoms with Gasteiger partial charge in [0.25, 0.3) is 0 Å². The van der Waals surface area contributed by atoms with Crippen LogP contribution in [0.4, 0.5) is 0 Å². The van der Waals surface area contributed by atoms with E-state index in [1.54, 1.807) is 0 Å². The Morgan fingerprint density at radius 3 is 2.62 bits per heavy atom. The highest BCUT2D eigenvalue weighted by molar-refractivity contribution is 6.12. The van der Waals surface area contributed by atoms with Gasteiger partial charge in [0.05, 0.1) is 11.2 Å². The van der Waals surface area contributed by atoms with Crippen molar-refractivity contribution in [1.82, 2.24) is 9.38 Å². The van der Waals surface area contributed by atoms with E-state index in [1.165, 1.54) is 69.1 Å². The van der Waals surface area contributed by atoms with E-state index in [2.05, 4.69) is 54.6 Å². The first kappa shape index (κ1) is 13.0. The molecule has 2 atom stereocenters. The van der Waals surface area contributed by atoms with Crippen LogP contribution in [0.5, 0.6) is 0 Å². The molecule has 24 heavy (non-hydrogen) atoms. The Kier molecular flexibility index (Phi) is 2.27. The Hall–Kier alpha value is -2.35. The Morgan fingerprint density at radius 1 is 0.958 bits per heavy atom. The summed E-state index contributed by atoms with van der Waals surface area (Å²) in [5.74, 6) is 1.41. The van der Waals surface area contributed by atoms with Gasteiger partial charge >= 0.3 is 0 Å². The van der Waals surface area contributed by atoms with E-state index in [9.17, 15) is 0 Å². The van der Waals surface area contributed by atoms with Gasteiger partial charge in [-0.3, -0.25) is 4.40 Å². The summed E-state index contributed by atoms with van der Waals surface area (Å²) in [5, 5.41) is 4.00. The van der Waals surface area contributed by atoms with Crippen molar-refractivity contribution in [2.75, 3.05) is 0 Å². The lowest BCUT2D eigenvalue weighted by Gasteiger charge is -2.16. The lowest BCUT2D eigenvalue weighted by atomic mass is 9.99. The largest absolute Gasteiger partial charge is 0.295 e. The van der Waals surface area contributed by atoms with E-state index in [-0.39, 0.29) is 0 Å². The van der Waals surface area contributed by atoms with Crippen LogP contribution in [0.2, 0.25) is 0 Å². The molecule has 0 radical (unpaired) electrons. The smallest absolute Gasteiger partial charge is 0.145 e. The summed E-state index contributed by atoms with van der Waals surface area (Å²) in [5.41, 5.74) is 8.15. The van der Waals surface area contributed by atoms with E-state index in [0.29, 0.717) is 11.8 Å². The third kappa shape index (κ3) is 1.41. The summed E-state index contributed by atoms with van der Waals surface area (Å²) in [6, 6.07) is 13.5. The molecule has 0 N–H and O–H groups in total. The molecule has 6 rings (SSSR count). The standard InChI is InChI=1S/C22H20N2/c1-12-9-13(2)20-18(10-12)16-5-3-4-6-17(16)22-23-19-14-7-8-15(11-14)21(19)24(20)22/h3-6,9-10,14-15H,7-8,11H2,1-2H3. The highest BCUT2D eigenvalue weighted by Gasteiger charge is 2.41. The second-order valence-electron chi connectivity index (χ2n) is 7.77. The van der Waals surface area contributed by atoms with Crippen LogP contribution in [0.3, 0.4) is 0 Å². The van der Waals surface area contributed by atoms with Crippen molar-refractivity contribution in [3.05, 3.63) is 58.9 Å². The number of imidazole rings is 1. The zero-order chi connectivity index (χ0) is 16.0. The molecule has 2 aliphatic rings. The quantitative estimate of drug-likeness (QED) is 0.385. The highest BCUT2D eigenvalue weighted by atomic mass is 15.1. The summed E-state index contributed by atoms with van der Waals surface area (Å²) < 4.78 is 2.52. The Balaban J connectivity index is 1.96. The average molecular weight is 312 g/mol. The highest BCUT2D eigenvalue weighted by Crippen LogP contribution is 2.53. The number of aromatic nitrogens is 2. The molecular weight excluding hydrogens is 292 g/mol. The Labute approximate surface area is 141 Å². The van der Waals surface area contributed by atoms with E-state index >= 15 is 0 Å². The number of hydrogen-bond acceptors (Lipinski definition) is 1. The summed E-state index contributed by atoms with van der Waals surface area (Å²) in [4.78, 5) is 5.18. The van der Waals surface area contributed by atoms with Gasteiger partial charge in [0.15, 0.2) is 0 Å². The summed E-state index contributed by atoms with van der Waals surface area (Å²) in [6.07, 6.45) is 3.99. The molecule has 0 saturated heterocycles. The van der Waals surface area contributed by atoms with Gasteiger partial charge in [0.2, 0.25) is 0 Å². The van der Waals surface area contributed by atoms with Crippen molar-refractivity contribution < 1.29 is 0 Å². The molecule has 2 heteroatoms. The van der Waals surface area contributed by atoms with Crippen molar-refractivity contribution in [3.8, 4) is 0 Å². The Morgan fingerprint density at radius 2 is 1.75 bits per heavy atom. The molecule has 118 valence electrons. The van der Waals surface area contributed by atoms with Crippen LogP contribution in [0.1, 0.15) is 53.6 Å². The molecule has 2 aromatic carbocycles. The molecule has 0 amide bonds. The SMILES string of the molecule is Cc1cc(C)c2c(c1)c1ccccc1c1nc3c(n12)C1CCC3C1. The predicted octanol–water partition coefficient (Wildman–Crippen LogP) is 5.62. The molecule has 2 aliphatic carbocycles. The molecule has 1 saturated carbocycles. The summed E-state index contributed by atoms with van der Waals surface area (Å²) in [7, 11) is 0. The third-order valence-electron chi connectivity index (χ3n) is 6.27. The second-order valence-corrected chi connectivity index (χ2v) is 7.77. The van der Waals surface area contributed by atoms with Crippen molar-refractivity contribution in [2.45, 2.75) is 44.9 Å². The van der Waals surface area contributed by atoms with Crippen LogP contribution in [0.25, 0.3) is 27.3 Å². The molecule has 0 aliphatic heterocycles. The number of fused-ring (bicyclic) bond motifs is 12. The Bertz CT molecular complexity index is 1170. The monoisotopic (exact) mass is 312 g/mol. The van der Waals surface area contributed by atoms with Gasteiger partial charge in [-0.1, -0.05) is 35.9 Å². The molecule has 2 bridgehead atoms. The first-order valence-electron chi connectivity index (χ1n) is 9.06. The molecule has 2 nitrogen and oxygen atoms in total. The molecule has 1 fully saturated rings. The second kappa shape index (κ2) is 4.18. The zero-order valence-electron chi connectivity index (χ0n) is 14.1. The van der Waals surface area contributed by atoms with Crippen molar-refractivity contribution in [2.24, 2.45) is 0 Å². The minimum absolute atomic E-state index is 0.699. The first-order chi connectivity index (χ1) is 11.7. The van der Waals surface area contributed by atoms with Crippen molar-refractivity contribution in [3.63, 3.8) is 0 Å². The van der Waals surface area contributed by atoms with Crippen molar-refractivity contribution in [1.29, 1.82) is 0 Å². The lowest BCUT2D eigenvalue weighted by molar-refractivity contribution is 0.692. The van der Waals surface area contributed by atoms with Gasteiger partial charge in [-0.25, -0.2) is 4.98 Å². The van der Waals surface area contributed by atoms with E-state index < -0.39 is 0 Å². The van der Waals surface area contributed by atoms with Crippen LogP contribution in [0.15, 0.2) is 36.4 Å². The molecule has 4 aromatic rings. The van der Waals surface area contributed by atoms with Crippen LogP contribution in [-0.2, 0) is 0 Å². The van der Waals surface area contributed by atoms with Crippen LogP contribution in [0, 0.1) is 13.8 Å². The summed E-state index contributed by atoms with van der Waals surface area (Å²) in [6.45, 7) is 4.45. The summed E-state index contributed by atoms with van der Waals surface area (Å²) >= 11 is 0. The van der Waals surface area contributed by atoms with Crippen LogP contribution in [-0.4, -0.2) is 9.38 Å². The maximum absolute atomic E-state index is 5.18. The van der Waals surface area contributed by atoms with Crippen LogP contribution >= 0.6 is 0 Å². The normalized spacial score (nSPS) is 22.1. The molecule has 2 heterocycles. The van der Waals surface area contributed by atoms with E-state index in [1.807, 2.05) is 0 Å². The van der Waals surface area contributed by atoms with Gasteiger partial charge in [0, 0.05) is 28.3 Å². The van der Waals surface area contributed by atoms with Gasteiger partial charge in [-0.15, -0.1) is 0 Å². The van der Waals surface area contributed by atoms with E-state index in [0.717, 1.165) is 0 Å². The molecular formula is C22H20N2.